The molecule has 0 spiro atoms. The van der Waals surface area contributed by atoms with Gasteiger partial charge in [0, 0.05) is 19.1 Å². The minimum atomic E-state index is -0.738. The van der Waals surface area contributed by atoms with Gasteiger partial charge in [-0.05, 0) is 44.0 Å². The Morgan fingerprint density at radius 2 is 1.89 bits per heavy atom. The molecule has 158 valence electrons. The van der Waals surface area contributed by atoms with Crippen LogP contribution >= 0.6 is 12.4 Å². The molecule has 0 aromatic heterocycles. The van der Waals surface area contributed by atoms with Crippen molar-refractivity contribution < 1.29 is 18.7 Å². The van der Waals surface area contributed by atoms with Gasteiger partial charge in [-0.3, -0.25) is 9.59 Å². The van der Waals surface area contributed by atoms with E-state index in [9.17, 15) is 14.0 Å². The lowest BCUT2D eigenvalue weighted by atomic mass is 9.79. The predicted molar refractivity (Wildman–Crippen MR) is 109 cm³/mol. The number of hydrogen-bond acceptors (Lipinski definition) is 4. The van der Waals surface area contributed by atoms with Crippen molar-refractivity contribution in [2.75, 3.05) is 33.4 Å². The molecule has 1 heterocycles. The maximum absolute atomic E-state index is 13.8. The predicted octanol–water partition coefficient (Wildman–Crippen LogP) is 2.13. The van der Waals surface area contributed by atoms with Gasteiger partial charge in [0.1, 0.15) is 11.9 Å². The van der Waals surface area contributed by atoms with Crippen LogP contribution in [0.3, 0.4) is 0 Å². The van der Waals surface area contributed by atoms with Crippen molar-refractivity contribution in [1.29, 1.82) is 0 Å². The van der Waals surface area contributed by atoms with Gasteiger partial charge in [-0.25, -0.2) is 4.39 Å². The molecule has 8 heteroatoms. The highest BCUT2D eigenvalue weighted by Gasteiger charge is 2.34. The second-order valence-corrected chi connectivity index (χ2v) is 7.58. The average molecular weight is 416 g/mol. The first-order chi connectivity index (χ1) is 12.9. The standard InChI is InChI=1S/C20H30FN3O3.ClH/c1-14(2)17(24-18(25)15-6-4-5-7-16(15)21)19(26)23-12-20(13-27-3)8-10-22-11-9-20;/h4-7,14,17,22H,8-13H2,1-3H3,(H,23,26)(H,24,25);1H. The van der Waals surface area contributed by atoms with Gasteiger partial charge >= 0.3 is 0 Å². The minimum Gasteiger partial charge on any atom is -0.384 e. The van der Waals surface area contributed by atoms with Crippen LogP contribution < -0.4 is 16.0 Å². The van der Waals surface area contributed by atoms with E-state index in [-0.39, 0.29) is 35.2 Å². The van der Waals surface area contributed by atoms with E-state index in [1.165, 1.54) is 18.2 Å². The monoisotopic (exact) mass is 415 g/mol. The van der Waals surface area contributed by atoms with Gasteiger partial charge in [0.2, 0.25) is 5.91 Å². The Bertz CT molecular complexity index is 646. The second-order valence-electron chi connectivity index (χ2n) is 7.58. The van der Waals surface area contributed by atoms with Crippen molar-refractivity contribution in [1.82, 2.24) is 16.0 Å². The van der Waals surface area contributed by atoms with E-state index in [1.807, 2.05) is 13.8 Å². The smallest absolute Gasteiger partial charge is 0.254 e. The summed E-state index contributed by atoms with van der Waals surface area (Å²) in [6.45, 7) is 6.53. The Balaban J connectivity index is 0.00000392. The van der Waals surface area contributed by atoms with Gasteiger partial charge < -0.3 is 20.7 Å². The zero-order valence-electron chi connectivity index (χ0n) is 16.7. The Morgan fingerprint density at radius 1 is 1.25 bits per heavy atom. The highest BCUT2D eigenvalue weighted by atomic mass is 35.5. The van der Waals surface area contributed by atoms with Crippen LogP contribution in [0.25, 0.3) is 0 Å². The number of methoxy groups -OCH3 is 1. The van der Waals surface area contributed by atoms with E-state index in [1.54, 1.807) is 13.2 Å². The SMILES string of the molecule is COCC1(CNC(=O)C(NC(=O)c2ccccc2F)C(C)C)CCNCC1.Cl. The largest absolute Gasteiger partial charge is 0.384 e. The van der Waals surface area contributed by atoms with Crippen molar-refractivity contribution >= 4 is 24.2 Å². The first kappa shape index (κ1) is 24.3. The number of benzene rings is 1. The summed E-state index contributed by atoms with van der Waals surface area (Å²) in [5.41, 5.74) is -0.169. The number of rotatable bonds is 8. The maximum Gasteiger partial charge on any atom is 0.254 e. The molecule has 2 amide bonds. The van der Waals surface area contributed by atoms with Crippen LogP contribution in [0.5, 0.6) is 0 Å². The molecule has 0 radical (unpaired) electrons. The molecule has 1 aromatic rings. The van der Waals surface area contributed by atoms with E-state index in [4.69, 9.17) is 4.74 Å². The summed E-state index contributed by atoms with van der Waals surface area (Å²) in [7, 11) is 1.66. The maximum atomic E-state index is 13.8. The zero-order valence-corrected chi connectivity index (χ0v) is 17.5. The van der Waals surface area contributed by atoms with Crippen molar-refractivity contribution in [2.24, 2.45) is 11.3 Å². The van der Waals surface area contributed by atoms with Crippen LogP contribution in [0.2, 0.25) is 0 Å². The summed E-state index contributed by atoms with van der Waals surface area (Å²) in [5.74, 6) is -1.59. The second kappa shape index (κ2) is 11.3. The van der Waals surface area contributed by atoms with E-state index in [0.717, 1.165) is 25.9 Å². The normalized spacial score (nSPS) is 16.8. The molecule has 0 aliphatic carbocycles. The number of amides is 2. The van der Waals surface area contributed by atoms with Gasteiger partial charge in [0.05, 0.1) is 12.2 Å². The van der Waals surface area contributed by atoms with Crippen molar-refractivity contribution in [3.63, 3.8) is 0 Å². The molecule has 1 aromatic carbocycles. The van der Waals surface area contributed by atoms with Gasteiger partial charge in [-0.2, -0.15) is 0 Å². The highest BCUT2D eigenvalue weighted by Crippen LogP contribution is 2.28. The molecule has 2 rings (SSSR count). The van der Waals surface area contributed by atoms with Crippen molar-refractivity contribution in [2.45, 2.75) is 32.7 Å². The molecule has 1 aliphatic rings. The van der Waals surface area contributed by atoms with Crippen LogP contribution in [0.1, 0.15) is 37.0 Å². The number of nitrogens with one attached hydrogen (secondary N) is 3. The van der Waals surface area contributed by atoms with Crippen LogP contribution in [0.4, 0.5) is 4.39 Å². The Hall–Kier alpha value is -1.70. The van der Waals surface area contributed by atoms with Gasteiger partial charge in [-0.1, -0.05) is 26.0 Å². The highest BCUT2D eigenvalue weighted by molar-refractivity contribution is 5.97. The molecule has 1 saturated heterocycles. The van der Waals surface area contributed by atoms with Crippen LogP contribution in [0.15, 0.2) is 24.3 Å². The van der Waals surface area contributed by atoms with Gasteiger partial charge in [0.15, 0.2) is 0 Å². The summed E-state index contributed by atoms with van der Waals surface area (Å²) in [4.78, 5) is 25.1. The van der Waals surface area contributed by atoms with Crippen LogP contribution in [0, 0.1) is 17.2 Å². The van der Waals surface area contributed by atoms with E-state index < -0.39 is 17.8 Å². The van der Waals surface area contributed by atoms with Crippen molar-refractivity contribution in [3.05, 3.63) is 35.6 Å². The summed E-state index contributed by atoms with van der Waals surface area (Å²) >= 11 is 0. The van der Waals surface area contributed by atoms with Crippen LogP contribution in [-0.2, 0) is 9.53 Å². The number of halogens is 2. The van der Waals surface area contributed by atoms with Crippen LogP contribution in [-0.4, -0.2) is 51.2 Å². The Kier molecular flexibility index (Phi) is 9.85. The fourth-order valence-corrected chi connectivity index (χ4v) is 3.42. The summed E-state index contributed by atoms with van der Waals surface area (Å²) < 4.78 is 19.2. The molecule has 0 saturated carbocycles. The number of carbonyl (C=O) groups is 2. The first-order valence-electron chi connectivity index (χ1n) is 9.41. The first-order valence-corrected chi connectivity index (χ1v) is 9.41. The number of carbonyl (C=O) groups excluding carboxylic acids is 2. The summed E-state index contributed by atoms with van der Waals surface area (Å²) in [6.07, 6.45) is 1.82. The minimum absolute atomic E-state index is 0. The molecule has 28 heavy (non-hydrogen) atoms. The molecule has 1 atom stereocenters. The topological polar surface area (TPSA) is 79.5 Å². The molecule has 1 unspecified atom stereocenters. The lowest BCUT2D eigenvalue weighted by Gasteiger charge is -2.37. The quantitative estimate of drug-likeness (QED) is 0.607. The summed E-state index contributed by atoms with van der Waals surface area (Å²) in [5, 5.41) is 8.96. The molecule has 0 bridgehead atoms. The lowest BCUT2D eigenvalue weighted by molar-refractivity contribution is -0.124. The number of piperidine rings is 1. The fourth-order valence-electron chi connectivity index (χ4n) is 3.42. The molecule has 6 nitrogen and oxygen atoms in total. The van der Waals surface area contributed by atoms with Crippen molar-refractivity contribution in [3.8, 4) is 0 Å². The molecular formula is C20H31ClFN3O3. The number of ether oxygens (including phenoxy) is 1. The van der Waals surface area contributed by atoms with Gasteiger partial charge in [-0.15, -0.1) is 12.4 Å². The van der Waals surface area contributed by atoms with E-state index in [0.29, 0.717) is 13.2 Å². The molecular weight excluding hydrogens is 385 g/mol. The van der Waals surface area contributed by atoms with Gasteiger partial charge in [0.25, 0.3) is 5.91 Å². The molecule has 1 fully saturated rings. The summed E-state index contributed by atoms with van der Waals surface area (Å²) in [6, 6.07) is 5.01. The number of hydrogen-bond donors (Lipinski definition) is 3. The van der Waals surface area contributed by atoms with E-state index >= 15 is 0 Å². The zero-order chi connectivity index (χ0) is 19.9. The molecule has 1 aliphatic heterocycles. The van der Waals surface area contributed by atoms with E-state index in [2.05, 4.69) is 16.0 Å². The third kappa shape index (κ3) is 6.43. The fraction of sp³-hybridized carbons (Fsp3) is 0.600. The average Bonchev–Trinajstić information content (AvgIpc) is 2.65. The Morgan fingerprint density at radius 3 is 2.46 bits per heavy atom. The molecule has 3 N–H and O–H groups in total. The Labute approximate surface area is 172 Å². The lowest BCUT2D eigenvalue weighted by Crippen LogP contribution is -2.53. The third-order valence-corrected chi connectivity index (χ3v) is 5.11. The third-order valence-electron chi connectivity index (χ3n) is 5.11.